The number of carbonyl (C=O) groups is 2. The third-order valence-corrected chi connectivity index (χ3v) is 3.59. The third kappa shape index (κ3) is 3.60. The van der Waals surface area contributed by atoms with Crippen molar-refractivity contribution >= 4 is 12.0 Å². The van der Waals surface area contributed by atoms with Crippen LogP contribution >= 0.6 is 0 Å². The molecule has 1 saturated carbocycles. The number of carboxylic acid groups (broad SMARTS) is 1. The van der Waals surface area contributed by atoms with Crippen molar-refractivity contribution in [1.29, 1.82) is 0 Å². The van der Waals surface area contributed by atoms with Crippen LogP contribution in [0.3, 0.4) is 0 Å². The van der Waals surface area contributed by atoms with Gasteiger partial charge in [-0.3, -0.25) is 4.79 Å². The first kappa shape index (κ1) is 14.8. The van der Waals surface area contributed by atoms with Crippen LogP contribution < -0.4 is 5.32 Å². The number of nitrogens with one attached hydrogen (secondary N) is 1. The van der Waals surface area contributed by atoms with Crippen LogP contribution in [-0.2, 0) is 4.79 Å². The van der Waals surface area contributed by atoms with E-state index in [1.54, 1.807) is 7.05 Å². The molecular formula is C12H22N2O4. The Hall–Kier alpha value is -1.30. The largest absolute Gasteiger partial charge is 0.481 e. The standard InChI is InChI=1S/C12H22N2O4/c1-14(7-4-8-15)11(18)13-9-12(10(16)17)5-2-3-6-12/h15H,2-9H2,1H3,(H,13,18)(H,16,17). The van der Waals surface area contributed by atoms with Crippen LogP contribution in [0.4, 0.5) is 4.79 Å². The third-order valence-electron chi connectivity index (χ3n) is 3.59. The predicted octanol–water partition coefficient (Wildman–Crippen LogP) is 0.655. The van der Waals surface area contributed by atoms with Crippen LogP contribution in [0.5, 0.6) is 0 Å². The smallest absolute Gasteiger partial charge is 0.317 e. The molecule has 104 valence electrons. The topological polar surface area (TPSA) is 89.9 Å². The minimum atomic E-state index is -0.821. The van der Waals surface area contributed by atoms with E-state index in [0.717, 1.165) is 12.8 Å². The summed E-state index contributed by atoms with van der Waals surface area (Å²) in [6.07, 6.45) is 3.59. The summed E-state index contributed by atoms with van der Waals surface area (Å²) in [4.78, 5) is 24.4. The second-order valence-corrected chi connectivity index (χ2v) is 4.95. The highest BCUT2D eigenvalue weighted by Gasteiger charge is 2.41. The maximum atomic E-state index is 11.7. The molecule has 6 nitrogen and oxygen atoms in total. The Labute approximate surface area is 107 Å². The van der Waals surface area contributed by atoms with Crippen LogP contribution in [0.15, 0.2) is 0 Å². The molecule has 6 heteroatoms. The van der Waals surface area contributed by atoms with Crippen LogP contribution in [-0.4, -0.2) is 53.9 Å². The van der Waals surface area contributed by atoms with E-state index in [-0.39, 0.29) is 19.2 Å². The van der Waals surface area contributed by atoms with Gasteiger partial charge in [0.05, 0.1) is 5.41 Å². The van der Waals surface area contributed by atoms with Gasteiger partial charge in [-0.05, 0) is 19.3 Å². The zero-order chi connectivity index (χ0) is 13.6. The van der Waals surface area contributed by atoms with Gasteiger partial charge < -0.3 is 20.4 Å². The summed E-state index contributed by atoms with van der Waals surface area (Å²) in [7, 11) is 1.63. The van der Waals surface area contributed by atoms with E-state index in [0.29, 0.717) is 25.8 Å². The van der Waals surface area contributed by atoms with Gasteiger partial charge in [0, 0.05) is 26.7 Å². The fourth-order valence-electron chi connectivity index (χ4n) is 2.31. The van der Waals surface area contributed by atoms with Crippen molar-refractivity contribution in [2.24, 2.45) is 5.41 Å². The fourth-order valence-corrected chi connectivity index (χ4v) is 2.31. The second kappa shape index (κ2) is 6.58. The molecular weight excluding hydrogens is 236 g/mol. The second-order valence-electron chi connectivity index (χ2n) is 4.95. The summed E-state index contributed by atoms with van der Waals surface area (Å²) in [5.74, 6) is -0.821. The van der Waals surface area contributed by atoms with Gasteiger partial charge in [0.15, 0.2) is 0 Å². The SMILES string of the molecule is CN(CCCO)C(=O)NCC1(C(=O)O)CCCC1. The molecule has 2 amide bonds. The van der Waals surface area contributed by atoms with Crippen LogP contribution in [0, 0.1) is 5.41 Å². The van der Waals surface area contributed by atoms with Crippen LogP contribution in [0.1, 0.15) is 32.1 Å². The molecule has 1 fully saturated rings. The molecule has 0 aromatic rings. The molecule has 0 saturated heterocycles. The number of aliphatic carboxylic acids is 1. The molecule has 0 aromatic carbocycles. The molecule has 0 radical (unpaired) electrons. The Balaban J connectivity index is 2.43. The number of hydrogen-bond acceptors (Lipinski definition) is 3. The molecule has 0 unspecified atom stereocenters. The molecule has 3 N–H and O–H groups in total. The summed E-state index contributed by atoms with van der Waals surface area (Å²) in [6.45, 7) is 0.684. The first-order valence-electron chi connectivity index (χ1n) is 6.35. The average Bonchev–Trinajstić information content (AvgIpc) is 2.83. The minimum Gasteiger partial charge on any atom is -0.481 e. The van der Waals surface area contributed by atoms with Crippen molar-refractivity contribution in [2.75, 3.05) is 26.7 Å². The first-order valence-corrected chi connectivity index (χ1v) is 6.35. The molecule has 0 aliphatic heterocycles. The Bertz CT molecular complexity index is 300. The van der Waals surface area contributed by atoms with Crippen molar-refractivity contribution in [3.8, 4) is 0 Å². The van der Waals surface area contributed by atoms with Crippen molar-refractivity contribution < 1.29 is 19.8 Å². The number of carboxylic acids is 1. The monoisotopic (exact) mass is 258 g/mol. The zero-order valence-electron chi connectivity index (χ0n) is 10.8. The number of urea groups is 1. The maximum Gasteiger partial charge on any atom is 0.317 e. The van der Waals surface area contributed by atoms with Gasteiger partial charge in [0.2, 0.25) is 0 Å². The number of carbonyl (C=O) groups excluding carboxylic acids is 1. The Morgan fingerprint density at radius 3 is 2.44 bits per heavy atom. The van der Waals surface area contributed by atoms with Gasteiger partial charge in [-0.2, -0.15) is 0 Å². The molecule has 18 heavy (non-hydrogen) atoms. The Kier molecular flexibility index (Phi) is 5.40. The van der Waals surface area contributed by atoms with Gasteiger partial charge >= 0.3 is 12.0 Å². The number of aliphatic hydroxyl groups is 1. The summed E-state index contributed by atoms with van der Waals surface area (Å²) < 4.78 is 0. The summed E-state index contributed by atoms with van der Waals surface area (Å²) in [5.41, 5.74) is -0.784. The molecule has 1 rings (SSSR count). The minimum absolute atomic E-state index is 0.0384. The Morgan fingerprint density at radius 1 is 1.33 bits per heavy atom. The highest BCUT2D eigenvalue weighted by atomic mass is 16.4. The molecule has 1 aliphatic rings. The van der Waals surface area contributed by atoms with Crippen LogP contribution in [0.25, 0.3) is 0 Å². The van der Waals surface area contributed by atoms with Gasteiger partial charge in [-0.1, -0.05) is 12.8 Å². The van der Waals surface area contributed by atoms with E-state index in [4.69, 9.17) is 5.11 Å². The number of aliphatic hydroxyl groups excluding tert-OH is 1. The normalized spacial score (nSPS) is 17.4. The van der Waals surface area contributed by atoms with Crippen molar-refractivity contribution in [1.82, 2.24) is 10.2 Å². The lowest BCUT2D eigenvalue weighted by atomic mass is 9.86. The molecule has 0 aromatic heterocycles. The van der Waals surface area contributed by atoms with E-state index in [9.17, 15) is 14.7 Å². The van der Waals surface area contributed by atoms with E-state index in [1.807, 2.05) is 0 Å². The number of rotatable bonds is 6. The zero-order valence-corrected chi connectivity index (χ0v) is 10.8. The van der Waals surface area contributed by atoms with Crippen molar-refractivity contribution in [2.45, 2.75) is 32.1 Å². The van der Waals surface area contributed by atoms with Crippen molar-refractivity contribution in [3.63, 3.8) is 0 Å². The van der Waals surface area contributed by atoms with Gasteiger partial charge in [-0.25, -0.2) is 4.79 Å². The van der Waals surface area contributed by atoms with E-state index < -0.39 is 11.4 Å². The van der Waals surface area contributed by atoms with E-state index in [1.165, 1.54) is 4.90 Å². The molecule has 0 bridgehead atoms. The summed E-state index contributed by atoms with van der Waals surface area (Å²) in [5, 5.41) is 20.6. The average molecular weight is 258 g/mol. The molecule has 1 aliphatic carbocycles. The molecule has 0 atom stereocenters. The van der Waals surface area contributed by atoms with Crippen LogP contribution in [0.2, 0.25) is 0 Å². The lowest BCUT2D eigenvalue weighted by Crippen LogP contribution is -2.45. The fraction of sp³-hybridized carbons (Fsp3) is 0.833. The highest BCUT2D eigenvalue weighted by molar-refractivity contribution is 5.78. The number of nitrogens with zero attached hydrogens (tertiary/aromatic N) is 1. The summed E-state index contributed by atoms with van der Waals surface area (Å²) in [6, 6.07) is -0.282. The highest BCUT2D eigenvalue weighted by Crippen LogP contribution is 2.37. The van der Waals surface area contributed by atoms with Gasteiger partial charge in [0.25, 0.3) is 0 Å². The van der Waals surface area contributed by atoms with Gasteiger partial charge in [-0.15, -0.1) is 0 Å². The quantitative estimate of drug-likeness (QED) is 0.652. The van der Waals surface area contributed by atoms with E-state index in [2.05, 4.69) is 5.32 Å². The van der Waals surface area contributed by atoms with Crippen molar-refractivity contribution in [3.05, 3.63) is 0 Å². The maximum absolute atomic E-state index is 11.7. The number of hydrogen-bond donors (Lipinski definition) is 3. The molecule has 0 spiro atoms. The summed E-state index contributed by atoms with van der Waals surface area (Å²) >= 11 is 0. The lowest BCUT2D eigenvalue weighted by molar-refractivity contribution is -0.148. The van der Waals surface area contributed by atoms with Gasteiger partial charge in [0.1, 0.15) is 0 Å². The number of amides is 2. The molecule has 0 heterocycles. The lowest BCUT2D eigenvalue weighted by Gasteiger charge is -2.26. The first-order chi connectivity index (χ1) is 8.52. The predicted molar refractivity (Wildman–Crippen MR) is 66.3 cm³/mol. The van der Waals surface area contributed by atoms with E-state index >= 15 is 0 Å². The Morgan fingerprint density at radius 2 is 1.94 bits per heavy atom.